The summed E-state index contributed by atoms with van der Waals surface area (Å²) in [6.45, 7) is 1.86. The van der Waals surface area contributed by atoms with E-state index in [2.05, 4.69) is 5.32 Å². The number of rotatable bonds is 4. The van der Waals surface area contributed by atoms with E-state index in [1.54, 1.807) is 0 Å². The maximum atomic E-state index is 11.9. The van der Waals surface area contributed by atoms with Crippen LogP contribution in [0.5, 0.6) is 0 Å². The van der Waals surface area contributed by atoms with E-state index in [0.717, 1.165) is 25.7 Å². The molecule has 0 radical (unpaired) electrons. The van der Waals surface area contributed by atoms with Crippen molar-refractivity contribution in [1.29, 1.82) is 0 Å². The average molecular weight is 212 g/mol. The molecule has 4 heteroatoms. The van der Waals surface area contributed by atoms with Gasteiger partial charge in [-0.05, 0) is 38.0 Å². The Morgan fingerprint density at radius 1 is 1.47 bits per heavy atom. The Labute approximate surface area is 90.2 Å². The Hall–Kier alpha value is -0.610. The van der Waals surface area contributed by atoms with Gasteiger partial charge in [0.25, 0.3) is 5.91 Å². The molecule has 2 fully saturated rings. The number of carbonyl (C=O) groups is 1. The lowest BCUT2D eigenvalue weighted by atomic mass is 9.85. The second-order valence-corrected chi connectivity index (χ2v) is 4.87. The molecule has 2 rings (SSSR count). The highest BCUT2D eigenvalue weighted by molar-refractivity contribution is 5.86. The van der Waals surface area contributed by atoms with Crippen LogP contribution in [0.25, 0.3) is 0 Å². The SMILES string of the molecule is CCC(O)(C(=O)NC1CCC1N)C1CC1. The lowest BCUT2D eigenvalue weighted by Gasteiger charge is -2.37. The summed E-state index contributed by atoms with van der Waals surface area (Å²) in [7, 11) is 0. The summed E-state index contributed by atoms with van der Waals surface area (Å²) in [5.74, 6) is -0.0496. The number of carbonyl (C=O) groups excluding carboxylic acids is 1. The number of nitrogens with two attached hydrogens (primary N) is 1. The van der Waals surface area contributed by atoms with E-state index in [4.69, 9.17) is 5.73 Å². The fourth-order valence-electron chi connectivity index (χ4n) is 2.19. The fraction of sp³-hybridized carbons (Fsp3) is 0.909. The first-order valence-electron chi connectivity index (χ1n) is 5.87. The Morgan fingerprint density at radius 2 is 2.13 bits per heavy atom. The van der Waals surface area contributed by atoms with E-state index in [0.29, 0.717) is 6.42 Å². The highest BCUT2D eigenvalue weighted by Crippen LogP contribution is 2.41. The van der Waals surface area contributed by atoms with Crippen LogP contribution in [0.2, 0.25) is 0 Å². The molecule has 0 spiro atoms. The highest BCUT2D eigenvalue weighted by Gasteiger charge is 2.49. The third-order valence-corrected chi connectivity index (χ3v) is 3.83. The molecule has 0 heterocycles. The van der Waals surface area contributed by atoms with Crippen LogP contribution < -0.4 is 11.1 Å². The van der Waals surface area contributed by atoms with Gasteiger partial charge in [0.1, 0.15) is 5.60 Å². The Balaban J connectivity index is 1.93. The molecule has 0 saturated heterocycles. The predicted octanol–water partition coefficient (Wildman–Crippen LogP) is 0.143. The normalized spacial score (nSPS) is 34.1. The smallest absolute Gasteiger partial charge is 0.252 e. The van der Waals surface area contributed by atoms with Crippen molar-refractivity contribution in [3.8, 4) is 0 Å². The van der Waals surface area contributed by atoms with Gasteiger partial charge in [-0.2, -0.15) is 0 Å². The van der Waals surface area contributed by atoms with Gasteiger partial charge < -0.3 is 16.2 Å². The van der Waals surface area contributed by atoms with Gasteiger partial charge >= 0.3 is 0 Å². The molecule has 0 aromatic heterocycles. The largest absolute Gasteiger partial charge is 0.380 e. The van der Waals surface area contributed by atoms with E-state index in [1.807, 2.05) is 6.92 Å². The Morgan fingerprint density at radius 3 is 2.47 bits per heavy atom. The molecule has 2 saturated carbocycles. The second-order valence-electron chi connectivity index (χ2n) is 4.87. The molecule has 1 amide bonds. The van der Waals surface area contributed by atoms with Crippen molar-refractivity contribution in [2.45, 2.75) is 56.7 Å². The molecular weight excluding hydrogens is 192 g/mol. The molecule has 0 aromatic rings. The quantitative estimate of drug-likeness (QED) is 0.620. The van der Waals surface area contributed by atoms with Crippen molar-refractivity contribution >= 4 is 5.91 Å². The van der Waals surface area contributed by atoms with Crippen LogP contribution >= 0.6 is 0 Å². The lowest BCUT2D eigenvalue weighted by Crippen LogP contribution is -2.59. The number of aliphatic hydroxyl groups is 1. The third-order valence-electron chi connectivity index (χ3n) is 3.83. The van der Waals surface area contributed by atoms with Gasteiger partial charge in [0.05, 0.1) is 0 Å². The van der Waals surface area contributed by atoms with Gasteiger partial charge in [0.15, 0.2) is 0 Å². The molecule has 3 unspecified atom stereocenters. The monoisotopic (exact) mass is 212 g/mol. The zero-order chi connectivity index (χ0) is 11.1. The van der Waals surface area contributed by atoms with Crippen molar-refractivity contribution in [2.24, 2.45) is 11.7 Å². The summed E-state index contributed by atoms with van der Waals surface area (Å²) >= 11 is 0. The molecule has 0 aliphatic heterocycles. The van der Waals surface area contributed by atoms with Crippen LogP contribution in [0, 0.1) is 5.92 Å². The van der Waals surface area contributed by atoms with Crippen LogP contribution in [0.4, 0.5) is 0 Å². The van der Waals surface area contributed by atoms with Gasteiger partial charge in [-0.15, -0.1) is 0 Å². The zero-order valence-electron chi connectivity index (χ0n) is 9.20. The van der Waals surface area contributed by atoms with Gasteiger partial charge in [0, 0.05) is 12.1 Å². The maximum Gasteiger partial charge on any atom is 0.252 e. The first kappa shape index (κ1) is 10.9. The topological polar surface area (TPSA) is 75.3 Å². The Kier molecular flexibility index (Phi) is 2.73. The number of nitrogens with one attached hydrogen (secondary N) is 1. The second kappa shape index (κ2) is 3.76. The van der Waals surface area contributed by atoms with Crippen LogP contribution in [0.3, 0.4) is 0 Å². The molecule has 15 heavy (non-hydrogen) atoms. The molecule has 0 aromatic carbocycles. The summed E-state index contributed by atoms with van der Waals surface area (Å²) in [5, 5.41) is 13.1. The molecule has 86 valence electrons. The molecule has 4 N–H and O–H groups in total. The molecule has 4 nitrogen and oxygen atoms in total. The summed E-state index contributed by atoms with van der Waals surface area (Å²) in [6.07, 6.45) is 4.34. The van der Waals surface area contributed by atoms with E-state index < -0.39 is 5.60 Å². The van der Waals surface area contributed by atoms with Gasteiger partial charge in [-0.25, -0.2) is 0 Å². The standard InChI is InChI=1S/C11H20N2O2/c1-2-11(15,7-3-4-7)10(14)13-9-6-5-8(9)12/h7-9,15H,2-6,12H2,1H3,(H,13,14). The fourth-order valence-corrected chi connectivity index (χ4v) is 2.19. The van der Waals surface area contributed by atoms with E-state index in [-0.39, 0.29) is 23.9 Å². The maximum absolute atomic E-state index is 11.9. The van der Waals surface area contributed by atoms with Crippen molar-refractivity contribution in [3.05, 3.63) is 0 Å². The van der Waals surface area contributed by atoms with E-state index in [9.17, 15) is 9.90 Å². The summed E-state index contributed by atoms with van der Waals surface area (Å²) in [4.78, 5) is 11.9. The minimum absolute atomic E-state index is 0.0780. The summed E-state index contributed by atoms with van der Waals surface area (Å²) in [6, 6.07) is 0.156. The summed E-state index contributed by atoms with van der Waals surface area (Å²) < 4.78 is 0. The number of hydrogen-bond donors (Lipinski definition) is 3. The van der Waals surface area contributed by atoms with Crippen molar-refractivity contribution in [2.75, 3.05) is 0 Å². The van der Waals surface area contributed by atoms with Gasteiger partial charge in [-0.3, -0.25) is 4.79 Å². The molecule has 2 aliphatic rings. The predicted molar refractivity (Wildman–Crippen MR) is 57.1 cm³/mol. The number of hydrogen-bond acceptors (Lipinski definition) is 3. The minimum Gasteiger partial charge on any atom is -0.380 e. The number of amides is 1. The summed E-state index contributed by atoms with van der Waals surface area (Å²) in [5.41, 5.74) is 4.61. The van der Waals surface area contributed by atoms with Crippen molar-refractivity contribution in [3.63, 3.8) is 0 Å². The first-order valence-corrected chi connectivity index (χ1v) is 5.87. The van der Waals surface area contributed by atoms with Crippen LogP contribution in [0.15, 0.2) is 0 Å². The molecule has 0 bridgehead atoms. The molecular formula is C11H20N2O2. The van der Waals surface area contributed by atoms with Crippen molar-refractivity contribution < 1.29 is 9.90 Å². The molecule has 2 aliphatic carbocycles. The van der Waals surface area contributed by atoms with Crippen LogP contribution in [-0.2, 0) is 4.79 Å². The van der Waals surface area contributed by atoms with Gasteiger partial charge in [0.2, 0.25) is 0 Å². The van der Waals surface area contributed by atoms with E-state index in [1.165, 1.54) is 0 Å². The Bertz CT molecular complexity index is 265. The molecule has 3 atom stereocenters. The lowest BCUT2D eigenvalue weighted by molar-refractivity contribution is -0.144. The van der Waals surface area contributed by atoms with Crippen LogP contribution in [0.1, 0.15) is 39.0 Å². The average Bonchev–Trinajstić information content (AvgIpc) is 3.05. The highest BCUT2D eigenvalue weighted by atomic mass is 16.3. The van der Waals surface area contributed by atoms with E-state index >= 15 is 0 Å². The zero-order valence-corrected chi connectivity index (χ0v) is 9.20. The van der Waals surface area contributed by atoms with Gasteiger partial charge in [-0.1, -0.05) is 6.92 Å². The third kappa shape index (κ3) is 1.88. The van der Waals surface area contributed by atoms with Crippen molar-refractivity contribution in [1.82, 2.24) is 5.32 Å². The minimum atomic E-state index is -1.14. The van der Waals surface area contributed by atoms with Crippen LogP contribution in [-0.4, -0.2) is 28.7 Å². The first-order chi connectivity index (χ1) is 7.08.